The van der Waals surface area contributed by atoms with E-state index < -0.39 is 12.1 Å². The molecule has 2 aromatic rings. The fourth-order valence-electron chi connectivity index (χ4n) is 3.18. The van der Waals surface area contributed by atoms with Crippen LogP contribution in [0.5, 0.6) is 0 Å². The van der Waals surface area contributed by atoms with E-state index in [0.29, 0.717) is 16.8 Å². The van der Waals surface area contributed by atoms with Crippen LogP contribution < -0.4 is 10.6 Å². The molecule has 0 saturated carbocycles. The Morgan fingerprint density at radius 2 is 1.79 bits per heavy atom. The minimum absolute atomic E-state index is 0.0239. The first-order valence-electron chi connectivity index (χ1n) is 9.40. The van der Waals surface area contributed by atoms with Gasteiger partial charge >= 0.3 is 6.03 Å². The fraction of sp³-hybridized carbons (Fsp3) is 0.333. The minimum Gasteiger partial charge on any atom is -0.387 e. The number of hydrogen-bond donors (Lipinski definition) is 3. The molecule has 7 heteroatoms. The molecule has 0 bridgehead atoms. The van der Waals surface area contributed by atoms with Gasteiger partial charge in [0, 0.05) is 30.9 Å². The average Bonchev–Trinajstić information content (AvgIpc) is 2.73. The molecule has 1 fully saturated rings. The molecule has 3 rings (SSSR count). The first kappa shape index (κ1) is 19.8. The molecule has 148 valence electrons. The van der Waals surface area contributed by atoms with Crippen molar-refractivity contribution in [3.05, 3.63) is 65.5 Å². The fourth-order valence-corrected chi connectivity index (χ4v) is 3.18. The highest BCUT2D eigenvalue weighted by atomic mass is 19.1. The molecule has 1 heterocycles. The van der Waals surface area contributed by atoms with Crippen molar-refractivity contribution in [2.45, 2.75) is 25.4 Å². The van der Waals surface area contributed by atoms with Crippen molar-refractivity contribution in [2.75, 3.05) is 25.0 Å². The molecular formula is C21H24FN3O3. The number of rotatable bonds is 5. The summed E-state index contributed by atoms with van der Waals surface area (Å²) >= 11 is 0. The zero-order chi connectivity index (χ0) is 19.9. The number of hydrogen-bond acceptors (Lipinski definition) is 3. The first-order chi connectivity index (χ1) is 13.5. The first-order valence-corrected chi connectivity index (χ1v) is 9.40. The molecule has 2 aromatic carbocycles. The number of likely N-dealkylation sites (tertiary alicyclic amines) is 1. The lowest BCUT2D eigenvalue weighted by Crippen LogP contribution is -2.35. The summed E-state index contributed by atoms with van der Waals surface area (Å²) < 4.78 is 12.9. The molecular weight excluding hydrogens is 361 g/mol. The Labute approximate surface area is 163 Å². The lowest BCUT2D eigenvalue weighted by atomic mass is 10.1. The van der Waals surface area contributed by atoms with Gasteiger partial charge in [-0.3, -0.25) is 4.79 Å². The Bertz CT molecular complexity index is 820. The number of carbonyl (C=O) groups excluding carboxylic acids is 2. The number of aliphatic hydroxyl groups is 1. The van der Waals surface area contributed by atoms with Gasteiger partial charge in [-0.1, -0.05) is 18.2 Å². The second kappa shape index (κ2) is 9.32. The van der Waals surface area contributed by atoms with E-state index in [9.17, 15) is 19.1 Å². The van der Waals surface area contributed by atoms with E-state index in [1.807, 2.05) is 4.90 Å². The maximum Gasteiger partial charge on any atom is 0.319 e. The van der Waals surface area contributed by atoms with E-state index >= 15 is 0 Å². The molecule has 0 radical (unpaired) electrons. The van der Waals surface area contributed by atoms with Crippen molar-refractivity contribution in [3.63, 3.8) is 0 Å². The SMILES string of the molecule is O=C(NCC(O)c1ccc(F)cc1)Nc1cccc(C(=O)N2CCCCC2)c1. The smallest absolute Gasteiger partial charge is 0.319 e. The predicted octanol–water partition coefficient (Wildman–Crippen LogP) is 3.31. The molecule has 1 aliphatic heterocycles. The maximum absolute atomic E-state index is 12.9. The van der Waals surface area contributed by atoms with Crippen molar-refractivity contribution in [1.29, 1.82) is 0 Å². The lowest BCUT2D eigenvalue weighted by Gasteiger charge is -2.26. The molecule has 3 amide bonds. The zero-order valence-corrected chi connectivity index (χ0v) is 15.5. The molecule has 1 saturated heterocycles. The van der Waals surface area contributed by atoms with Crippen LogP contribution in [0.15, 0.2) is 48.5 Å². The van der Waals surface area contributed by atoms with Crippen LogP contribution in [0.2, 0.25) is 0 Å². The number of amides is 3. The van der Waals surface area contributed by atoms with Crippen LogP contribution in [0.25, 0.3) is 0 Å². The quantitative estimate of drug-likeness (QED) is 0.739. The van der Waals surface area contributed by atoms with Gasteiger partial charge in [0.2, 0.25) is 0 Å². The molecule has 1 unspecified atom stereocenters. The van der Waals surface area contributed by atoms with E-state index in [0.717, 1.165) is 32.4 Å². The Kier molecular flexibility index (Phi) is 6.60. The van der Waals surface area contributed by atoms with Crippen LogP contribution in [0, 0.1) is 5.82 Å². The van der Waals surface area contributed by atoms with Crippen molar-refractivity contribution in [2.24, 2.45) is 0 Å². The van der Waals surface area contributed by atoms with E-state index in [1.54, 1.807) is 24.3 Å². The molecule has 3 N–H and O–H groups in total. The van der Waals surface area contributed by atoms with E-state index in [2.05, 4.69) is 10.6 Å². The van der Waals surface area contributed by atoms with E-state index in [-0.39, 0.29) is 18.3 Å². The monoisotopic (exact) mass is 385 g/mol. The summed E-state index contributed by atoms with van der Waals surface area (Å²) in [6.45, 7) is 1.50. The van der Waals surface area contributed by atoms with Crippen molar-refractivity contribution in [3.8, 4) is 0 Å². The van der Waals surface area contributed by atoms with Crippen molar-refractivity contribution >= 4 is 17.6 Å². The summed E-state index contributed by atoms with van der Waals surface area (Å²) in [7, 11) is 0. The number of benzene rings is 2. The van der Waals surface area contributed by atoms with Gasteiger partial charge < -0.3 is 20.6 Å². The average molecular weight is 385 g/mol. The molecule has 0 spiro atoms. The number of carbonyl (C=O) groups is 2. The number of halogens is 1. The number of nitrogens with zero attached hydrogens (tertiary/aromatic N) is 1. The number of piperidine rings is 1. The van der Waals surface area contributed by atoms with Crippen molar-refractivity contribution < 1.29 is 19.1 Å². The van der Waals surface area contributed by atoms with E-state index in [1.165, 1.54) is 24.3 Å². The molecule has 6 nitrogen and oxygen atoms in total. The number of urea groups is 1. The van der Waals surface area contributed by atoms with Gasteiger partial charge in [0.15, 0.2) is 0 Å². The highest BCUT2D eigenvalue weighted by molar-refractivity contribution is 5.97. The molecule has 0 aromatic heterocycles. The summed E-state index contributed by atoms with van der Waals surface area (Å²) in [6.07, 6.45) is 2.23. The van der Waals surface area contributed by atoms with Gasteiger partial charge in [-0.2, -0.15) is 0 Å². The second-order valence-electron chi connectivity index (χ2n) is 6.84. The maximum atomic E-state index is 12.9. The Balaban J connectivity index is 1.53. The molecule has 1 atom stereocenters. The largest absolute Gasteiger partial charge is 0.387 e. The summed E-state index contributed by atoms with van der Waals surface area (Å²) in [4.78, 5) is 26.5. The zero-order valence-electron chi connectivity index (χ0n) is 15.5. The number of nitrogens with one attached hydrogen (secondary N) is 2. The summed E-state index contributed by atoms with van der Waals surface area (Å²) in [5, 5.41) is 15.3. The van der Waals surface area contributed by atoms with Gasteiger partial charge in [0.05, 0.1) is 6.10 Å². The Morgan fingerprint density at radius 3 is 2.50 bits per heavy atom. The summed E-state index contributed by atoms with van der Waals surface area (Å²) in [6, 6.07) is 11.7. The predicted molar refractivity (Wildman–Crippen MR) is 105 cm³/mol. The van der Waals surface area contributed by atoms with Crippen LogP contribution in [0.1, 0.15) is 41.3 Å². The highest BCUT2D eigenvalue weighted by Gasteiger charge is 2.18. The molecule has 1 aliphatic rings. The topological polar surface area (TPSA) is 81.7 Å². The number of anilines is 1. The third kappa shape index (κ3) is 5.29. The highest BCUT2D eigenvalue weighted by Crippen LogP contribution is 2.17. The van der Waals surface area contributed by atoms with Gasteiger partial charge in [0.1, 0.15) is 5.82 Å². The minimum atomic E-state index is -0.946. The van der Waals surface area contributed by atoms with E-state index in [4.69, 9.17) is 0 Å². The third-order valence-electron chi connectivity index (χ3n) is 4.72. The van der Waals surface area contributed by atoms with Crippen LogP contribution in [0.3, 0.4) is 0 Å². The van der Waals surface area contributed by atoms with Gasteiger partial charge in [-0.05, 0) is 55.2 Å². The second-order valence-corrected chi connectivity index (χ2v) is 6.84. The van der Waals surface area contributed by atoms with Crippen molar-refractivity contribution in [1.82, 2.24) is 10.2 Å². The number of aliphatic hydroxyl groups excluding tert-OH is 1. The van der Waals surface area contributed by atoms with Crippen LogP contribution in [-0.2, 0) is 0 Å². The summed E-state index contributed by atoms with van der Waals surface area (Å²) in [5.74, 6) is -0.420. The molecule has 28 heavy (non-hydrogen) atoms. The third-order valence-corrected chi connectivity index (χ3v) is 4.72. The summed E-state index contributed by atoms with van der Waals surface area (Å²) in [5.41, 5.74) is 1.54. The lowest BCUT2D eigenvalue weighted by molar-refractivity contribution is 0.0724. The Hall–Kier alpha value is -2.93. The van der Waals surface area contributed by atoms with Gasteiger partial charge in [-0.15, -0.1) is 0 Å². The molecule has 0 aliphatic carbocycles. The standard InChI is InChI=1S/C21H24FN3O3/c22-17-9-7-15(8-10-17)19(26)14-23-21(28)24-18-6-4-5-16(13-18)20(27)25-11-2-1-3-12-25/h4-10,13,19,26H,1-3,11-12,14H2,(H2,23,24,28). The normalized spacial score (nSPS) is 15.0. The van der Waals surface area contributed by atoms with Gasteiger partial charge in [-0.25, -0.2) is 9.18 Å². The van der Waals surface area contributed by atoms with Crippen LogP contribution in [0.4, 0.5) is 14.9 Å². The van der Waals surface area contributed by atoms with Crippen LogP contribution in [-0.4, -0.2) is 41.6 Å². The van der Waals surface area contributed by atoms with Gasteiger partial charge in [0.25, 0.3) is 5.91 Å². The Morgan fingerprint density at radius 1 is 1.07 bits per heavy atom. The van der Waals surface area contributed by atoms with Crippen LogP contribution >= 0.6 is 0 Å².